The van der Waals surface area contributed by atoms with Gasteiger partial charge in [-0.1, -0.05) is 18.2 Å². The van der Waals surface area contributed by atoms with E-state index in [1.165, 1.54) is 11.1 Å². The number of amides is 1. The molecule has 3 heterocycles. The normalized spacial score (nSPS) is 19.5. The molecular formula is C24H31N3O2. The fraction of sp³-hybridized carbons (Fsp3) is 0.500. The van der Waals surface area contributed by atoms with Crippen LogP contribution < -0.4 is 4.74 Å². The minimum absolute atomic E-state index is 0.261. The Balaban J connectivity index is 1.27. The Morgan fingerprint density at radius 2 is 2.07 bits per heavy atom. The first-order valence-corrected chi connectivity index (χ1v) is 10.8. The van der Waals surface area contributed by atoms with Crippen LogP contribution in [-0.4, -0.2) is 53.0 Å². The molecule has 1 aromatic heterocycles. The van der Waals surface area contributed by atoms with Gasteiger partial charge in [-0.15, -0.1) is 0 Å². The van der Waals surface area contributed by atoms with Crippen molar-refractivity contribution in [1.29, 1.82) is 0 Å². The van der Waals surface area contributed by atoms with E-state index < -0.39 is 0 Å². The predicted octanol–water partition coefficient (Wildman–Crippen LogP) is 3.38. The van der Waals surface area contributed by atoms with Gasteiger partial charge < -0.3 is 9.64 Å². The lowest BCUT2D eigenvalue weighted by Gasteiger charge is -2.22. The van der Waals surface area contributed by atoms with Crippen LogP contribution in [0, 0.1) is 6.92 Å². The van der Waals surface area contributed by atoms with Crippen LogP contribution >= 0.6 is 0 Å². The molecular weight excluding hydrogens is 362 g/mol. The van der Waals surface area contributed by atoms with E-state index in [4.69, 9.17) is 4.74 Å². The van der Waals surface area contributed by atoms with E-state index >= 15 is 0 Å². The summed E-state index contributed by atoms with van der Waals surface area (Å²) < 4.78 is 5.77. The average molecular weight is 394 g/mol. The molecule has 0 spiro atoms. The number of carbonyl (C=O) groups is 1. The van der Waals surface area contributed by atoms with Gasteiger partial charge >= 0.3 is 0 Å². The van der Waals surface area contributed by atoms with Crippen LogP contribution in [0.4, 0.5) is 0 Å². The summed E-state index contributed by atoms with van der Waals surface area (Å²) in [6.07, 6.45) is 3.63. The summed E-state index contributed by atoms with van der Waals surface area (Å²) in [6.45, 7) is 8.57. The van der Waals surface area contributed by atoms with Crippen molar-refractivity contribution in [1.82, 2.24) is 14.8 Å². The third-order valence-corrected chi connectivity index (χ3v) is 5.86. The minimum Gasteiger partial charge on any atom is -0.490 e. The molecule has 5 nitrogen and oxygen atoms in total. The van der Waals surface area contributed by atoms with Crippen molar-refractivity contribution in [3.05, 3.63) is 58.9 Å². The molecule has 0 radical (unpaired) electrons. The second-order valence-electron chi connectivity index (χ2n) is 8.36. The molecule has 1 amide bonds. The number of nitrogens with zero attached hydrogens (tertiary/aromatic N) is 3. The number of carbonyl (C=O) groups excluding carboxylic acids is 1. The van der Waals surface area contributed by atoms with E-state index in [0.29, 0.717) is 6.42 Å². The van der Waals surface area contributed by atoms with Crippen molar-refractivity contribution >= 4 is 5.91 Å². The Morgan fingerprint density at radius 1 is 1.17 bits per heavy atom. The van der Waals surface area contributed by atoms with Crippen LogP contribution in [0.3, 0.4) is 0 Å². The Labute approximate surface area is 173 Å². The van der Waals surface area contributed by atoms with Gasteiger partial charge in [0.15, 0.2) is 0 Å². The molecule has 1 unspecified atom stereocenters. The van der Waals surface area contributed by atoms with E-state index in [0.717, 1.165) is 69.1 Å². The quantitative estimate of drug-likeness (QED) is 0.781. The number of benzene rings is 1. The van der Waals surface area contributed by atoms with Gasteiger partial charge in [0.2, 0.25) is 5.91 Å². The number of aryl methyl sites for hydroxylation is 2. The van der Waals surface area contributed by atoms with Gasteiger partial charge in [0.1, 0.15) is 11.9 Å². The van der Waals surface area contributed by atoms with E-state index in [9.17, 15) is 4.79 Å². The van der Waals surface area contributed by atoms with E-state index in [-0.39, 0.29) is 12.0 Å². The zero-order chi connectivity index (χ0) is 20.2. The summed E-state index contributed by atoms with van der Waals surface area (Å²) >= 11 is 0. The van der Waals surface area contributed by atoms with E-state index in [2.05, 4.69) is 47.1 Å². The maximum absolute atomic E-state index is 12.8. The van der Waals surface area contributed by atoms with Crippen molar-refractivity contribution in [2.75, 3.05) is 26.2 Å². The number of hydrogen-bond acceptors (Lipinski definition) is 4. The number of hydrogen-bond donors (Lipinski definition) is 0. The van der Waals surface area contributed by atoms with E-state index in [1.807, 2.05) is 17.9 Å². The maximum atomic E-state index is 12.8. The molecule has 0 bridgehead atoms. The smallest absolute Gasteiger partial charge is 0.222 e. The molecule has 0 aliphatic carbocycles. The maximum Gasteiger partial charge on any atom is 0.222 e. The number of aromatic nitrogens is 1. The van der Waals surface area contributed by atoms with Crippen LogP contribution in [0.5, 0.6) is 5.75 Å². The zero-order valence-corrected chi connectivity index (χ0v) is 17.6. The zero-order valence-electron chi connectivity index (χ0n) is 17.6. The first kappa shape index (κ1) is 19.9. The van der Waals surface area contributed by atoms with Crippen molar-refractivity contribution in [2.24, 2.45) is 0 Å². The number of ether oxygens (including phenoxy) is 1. The van der Waals surface area contributed by atoms with Gasteiger partial charge in [0, 0.05) is 51.3 Å². The standard InChI is InChI=1S/C24H31N3O2/c1-18-5-3-6-22(25-18)17-26-11-4-12-27(14-13-26)24(28)10-8-20-7-9-23-21(16-20)15-19(2)29-23/h3,5-7,9,16,19H,4,8,10-15,17H2,1-2H3. The van der Waals surface area contributed by atoms with Crippen molar-refractivity contribution < 1.29 is 9.53 Å². The van der Waals surface area contributed by atoms with Gasteiger partial charge in [-0.3, -0.25) is 14.7 Å². The molecule has 2 aliphatic rings. The SMILES string of the molecule is Cc1cccc(CN2CCCN(C(=O)CCc3ccc4c(c3)CC(C)O4)CC2)n1. The number of rotatable bonds is 5. The highest BCUT2D eigenvalue weighted by atomic mass is 16.5. The van der Waals surface area contributed by atoms with Crippen LogP contribution in [-0.2, 0) is 24.2 Å². The van der Waals surface area contributed by atoms with Crippen molar-refractivity contribution in [2.45, 2.75) is 52.2 Å². The molecule has 1 atom stereocenters. The molecule has 4 rings (SSSR count). The van der Waals surface area contributed by atoms with Gasteiger partial charge in [0.05, 0.1) is 5.69 Å². The highest BCUT2D eigenvalue weighted by Crippen LogP contribution is 2.29. The molecule has 5 heteroatoms. The molecule has 0 N–H and O–H groups in total. The lowest BCUT2D eigenvalue weighted by atomic mass is 10.0. The summed E-state index contributed by atoms with van der Waals surface area (Å²) in [5.74, 6) is 1.27. The van der Waals surface area contributed by atoms with Gasteiger partial charge in [0.25, 0.3) is 0 Å². The third kappa shape index (κ3) is 5.15. The topological polar surface area (TPSA) is 45.7 Å². The van der Waals surface area contributed by atoms with Gasteiger partial charge in [-0.25, -0.2) is 0 Å². The van der Waals surface area contributed by atoms with Crippen LogP contribution in [0.15, 0.2) is 36.4 Å². The fourth-order valence-electron chi connectivity index (χ4n) is 4.34. The number of fused-ring (bicyclic) bond motifs is 1. The molecule has 2 aromatic rings. The highest BCUT2D eigenvalue weighted by molar-refractivity contribution is 5.76. The Hall–Kier alpha value is -2.40. The minimum atomic E-state index is 0.261. The Kier molecular flexibility index (Phi) is 6.14. The molecule has 1 fully saturated rings. The van der Waals surface area contributed by atoms with Gasteiger partial charge in [-0.05, 0) is 56.0 Å². The molecule has 29 heavy (non-hydrogen) atoms. The summed E-state index contributed by atoms with van der Waals surface area (Å²) in [5.41, 5.74) is 4.68. The van der Waals surface area contributed by atoms with E-state index in [1.54, 1.807) is 0 Å². The Morgan fingerprint density at radius 3 is 2.93 bits per heavy atom. The van der Waals surface area contributed by atoms with Crippen LogP contribution in [0.2, 0.25) is 0 Å². The van der Waals surface area contributed by atoms with Crippen molar-refractivity contribution in [3.63, 3.8) is 0 Å². The van der Waals surface area contributed by atoms with Crippen LogP contribution in [0.25, 0.3) is 0 Å². The highest BCUT2D eigenvalue weighted by Gasteiger charge is 2.21. The predicted molar refractivity (Wildman–Crippen MR) is 114 cm³/mol. The summed E-state index contributed by atoms with van der Waals surface area (Å²) in [7, 11) is 0. The van der Waals surface area contributed by atoms with Crippen molar-refractivity contribution in [3.8, 4) is 5.75 Å². The fourth-order valence-corrected chi connectivity index (χ4v) is 4.34. The second-order valence-corrected chi connectivity index (χ2v) is 8.36. The average Bonchev–Trinajstić information content (AvgIpc) is 2.91. The molecule has 1 aromatic carbocycles. The summed E-state index contributed by atoms with van der Waals surface area (Å²) in [4.78, 5) is 21.9. The van der Waals surface area contributed by atoms with Gasteiger partial charge in [-0.2, -0.15) is 0 Å². The summed E-state index contributed by atoms with van der Waals surface area (Å²) in [6, 6.07) is 12.6. The second kappa shape index (κ2) is 8.95. The lowest BCUT2D eigenvalue weighted by Crippen LogP contribution is -2.35. The van der Waals surface area contributed by atoms with Crippen LogP contribution in [0.1, 0.15) is 42.3 Å². The summed E-state index contributed by atoms with van der Waals surface area (Å²) in [5, 5.41) is 0. The third-order valence-electron chi connectivity index (χ3n) is 5.86. The lowest BCUT2D eigenvalue weighted by molar-refractivity contribution is -0.131. The number of pyridine rings is 1. The molecule has 1 saturated heterocycles. The Bertz CT molecular complexity index is 867. The first-order valence-electron chi connectivity index (χ1n) is 10.8. The largest absolute Gasteiger partial charge is 0.490 e. The molecule has 2 aliphatic heterocycles. The monoisotopic (exact) mass is 393 g/mol. The molecule has 154 valence electrons. The molecule has 0 saturated carbocycles. The first-order chi connectivity index (χ1) is 14.1.